The molecule has 1 amide bonds. The number of amides is 1. The van der Waals surface area contributed by atoms with Crippen molar-refractivity contribution >= 4 is 23.9 Å². The Bertz CT molecular complexity index is 578. The third-order valence-electron chi connectivity index (χ3n) is 2.65. The minimum atomic E-state index is -1.32. The van der Waals surface area contributed by atoms with Gasteiger partial charge in [-0.15, -0.1) is 0 Å². The normalized spacial score (nSPS) is 12.8. The molecule has 1 aromatic heterocycles. The number of hydrogen-bond acceptors (Lipinski definition) is 6. The van der Waals surface area contributed by atoms with E-state index in [1.54, 1.807) is 0 Å². The molecule has 0 aliphatic heterocycles. The quantitative estimate of drug-likeness (QED) is 0.356. The number of carbonyl (C=O) groups is 3. The lowest BCUT2D eigenvalue weighted by atomic mass is 10.1. The smallest absolute Gasteiger partial charge is 0.326 e. The number of aliphatic carboxylic acids is 1. The minimum Gasteiger partial charge on any atom is -0.480 e. The number of carboxylic acids is 1. The van der Waals surface area contributed by atoms with Crippen LogP contribution in [0.2, 0.25) is 0 Å². The van der Waals surface area contributed by atoms with Gasteiger partial charge >= 0.3 is 12.2 Å². The molecular formula is C12H14N4O6. The van der Waals surface area contributed by atoms with E-state index >= 15 is 0 Å². The van der Waals surface area contributed by atoms with Crippen LogP contribution in [-0.2, 0) is 19.1 Å². The fraction of sp³-hybridized carbons (Fsp3) is 0.417. The number of Topliss-reactive ketones (excluding diaryl/α,β-unsaturated/α-hetero) is 1. The number of ketones is 1. The summed E-state index contributed by atoms with van der Waals surface area (Å²) in [6.07, 6.45) is 1.63. The third kappa shape index (κ3) is 4.93. The lowest BCUT2D eigenvalue weighted by molar-refractivity contribution is -0.144. The van der Waals surface area contributed by atoms with Crippen LogP contribution >= 0.6 is 0 Å². The van der Waals surface area contributed by atoms with Crippen molar-refractivity contribution in [2.75, 3.05) is 7.11 Å². The predicted octanol–water partition coefficient (Wildman–Crippen LogP) is -0.419. The molecule has 10 heteroatoms. The van der Waals surface area contributed by atoms with E-state index in [1.165, 1.54) is 19.6 Å². The summed E-state index contributed by atoms with van der Waals surface area (Å²) in [6, 6.07) is -1.31. The Hall–Kier alpha value is -2.84. The molecule has 0 spiro atoms. The number of methoxy groups -OCH3 is 1. The molecule has 0 aromatic carbocycles. The van der Waals surface area contributed by atoms with Crippen LogP contribution in [0.3, 0.4) is 0 Å². The van der Waals surface area contributed by atoms with Crippen LogP contribution < -0.4 is 5.32 Å². The van der Waals surface area contributed by atoms with E-state index in [-0.39, 0.29) is 18.7 Å². The minimum absolute atomic E-state index is 0.0207. The molecule has 0 aliphatic carbocycles. The van der Waals surface area contributed by atoms with Gasteiger partial charge in [0.05, 0.1) is 6.20 Å². The van der Waals surface area contributed by atoms with Crippen LogP contribution in [0.25, 0.3) is 5.53 Å². The summed E-state index contributed by atoms with van der Waals surface area (Å²) in [7, 11) is 1.24. The van der Waals surface area contributed by atoms with Gasteiger partial charge in [0.1, 0.15) is 12.3 Å². The van der Waals surface area contributed by atoms with Crippen LogP contribution in [0.4, 0.5) is 0 Å². The van der Waals surface area contributed by atoms with E-state index in [0.29, 0.717) is 6.21 Å². The third-order valence-corrected chi connectivity index (χ3v) is 2.65. The zero-order chi connectivity index (χ0) is 16.5. The molecule has 0 aliphatic rings. The van der Waals surface area contributed by atoms with Crippen molar-refractivity contribution in [3.05, 3.63) is 23.9 Å². The predicted molar refractivity (Wildman–Crippen MR) is 69.7 cm³/mol. The molecule has 0 saturated carbocycles. The Kier molecular flexibility index (Phi) is 6.61. The summed E-state index contributed by atoms with van der Waals surface area (Å²) in [4.78, 5) is 40.6. The van der Waals surface area contributed by atoms with Crippen molar-refractivity contribution in [3.63, 3.8) is 0 Å². The maximum Gasteiger partial charge on any atom is 0.326 e. The van der Waals surface area contributed by atoms with E-state index in [4.69, 9.17) is 19.8 Å². The molecule has 0 bridgehead atoms. The second-order valence-corrected chi connectivity index (χ2v) is 4.14. The molecule has 1 aromatic rings. The van der Waals surface area contributed by atoms with Gasteiger partial charge in [-0.25, -0.2) is 9.78 Å². The van der Waals surface area contributed by atoms with E-state index in [1.807, 2.05) is 0 Å². The van der Waals surface area contributed by atoms with Crippen LogP contribution in [0.15, 0.2) is 16.9 Å². The molecule has 2 N–H and O–H groups in total. The first-order chi connectivity index (χ1) is 10.5. The zero-order valence-corrected chi connectivity index (χ0v) is 11.6. The monoisotopic (exact) mass is 310 g/mol. The number of nitrogens with zero attached hydrogens (tertiary/aromatic N) is 3. The topological polar surface area (TPSA) is 155 Å². The van der Waals surface area contributed by atoms with Crippen molar-refractivity contribution in [2.45, 2.75) is 25.0 Å². The second kappa shape index (κ2) is 8.45. The number of nitrogens with one attached hydrogen (secondary N) is 1. The fourth-order valence-corrected chi connectivity index (χ4v) is 1.60. The summed E-state index contributed by atoms with van der Waals surface area (Å²) < 4.78 is 9.86. The molecule has 10 nitrogen and oxygen atoms in total. The van der Waals surface area contributed by atoms with Crippen molar-refractivity contribution in [1.82, 2.24) is 10.3 Å². The second-order valence-electron chi connectivity index (χ2n) is 4.14. The molecule has 22 heavy (non-hydrogen) atoms. The highest BCUT2D eigenvalue weighted by Gasteiger charge is 2.29. The van der Waals surface area contributed by atoms with Crippen molar-refractivity contribution < 1.29 is 33.4 Å². The molecule has 2 unspecified atom stereocenters. The summed E-state index contributed by atoms with van der Waals surface area (Å²) in [6.45, 7) is 0. The maximum atomic E-state index is 12.0. The van der Waals surface area contributed by atoms with Crippen molar-refractivity contribution in [1.29, 1.82) is 0 Å². The highest BCUT2D eigenvalue weighted by Crippen LogP contribution is 2.15. The molecule has 0 radical (unpaired) electrons. The Labute approximate surface area is 124 Å². The number of ether oxygens (including phenoxy) is 1. The first-order valence-corrected chi connectivity index (χ1v) is 6.15. The van der Waals surface area contributed by atoms with Crippen LogP contribution in [0, 0.1) is 0 Å². The number of carboxylic acid groups (broad SMARTS) is 1. The standard InChI is InChI=1S/C12H14N4O6/c1-21-9(11-14-4-5-22-11)10(18)16-8(12(19)20)3-2-7(17)6-15-13/h4-6,8-9H,2-3H2,1H3,(H,16,18)(H,19,20). The maximum absolute atomic E-state index is 12.0. The Morgan fingerprint density at radius 2 is 2.32 bits per heavy atom. The first kappa shape index (κ1) is 17.2. The molecule has 0 fully saturated rings. The van der Waals surface area contributed by atoms with Crippen LogP contribution in [0.1, 0.15) is 24.8 Å². The Morgan fingerprint density at radius 3 is 2.82 bits per heavy atom. The van der Waals surface area contributed by atoms with Gasteiger partial charge in [0.2, 0.25) is 17.8 Å². The summed E-state index contributed by atoms with van der Waals surface area (Å²) in [5.74, 6) is -2.67. The summed E-state index contributed by atoms with van der Waals surface area (Å²) in [5.41, 5.74) is 8.20. The largest absolute Gasteiger partial charge is 0.480 e. The SMILES string of the molecule is COC(C(=O)NC(CCC(=O)C=[N+]=[N-])C(=O)O)c1ncco1. The number of rotatable bonds is 9. The molecular weight excluding hydrogens is 296 g/mol. The molecule has 118 valence electrons. The molecule has 0 saturated heterocycles. The van der Waals surface area contributed by atoms with Gasteiger partial charge in [-0.2, -0.15) is 4.79 Å². The molecule has 1 rings (SSSR count). The van der Waals surface area contributed by atoms with Gasteiger partial charge in [0.25, 0.3) is 5.91 Å². The van der Waals surface area contributed by atoms with Crippen LogP contribution in [-0.4, -0.2) is 51.9 Å². The van der Waals surface area contributed by atoms with E-state index < -0.39 is 29.8 Å². The van der Waals surface area contributed by atoms with Gasteiger partial charge < -0.3 is 25.1 Å². The fourth-order valence-electron chi connectivity index (χ4n) is 1.60. The highest BCUT2D eigenvalue weighted by molar-refractivity contribution is 6.25. The van der Waals surface area contributed by atoms with Gasteiger partial charge in [0.15, 0.2) is 0 Å². The number of hydrogen-bond donors (Lipinski definition) is 2. The average Bonchev–Trinajstić information content (AvgIpc) is 2.98. The van der Waals surface area contributed by atoms with Crippen molar-refractivity contribution in [2.24, 2.45) is 0 Å². The zero-order valence-electron chi connectivity index (χ0n) is 11.6. The number of carbonyl (C=O) groups excluding carboxylic acids is 2. The number of oxazole rings is 1. The molecule has 2 atom stereocenters. The van der Waals surface area contributed by atoms with Gasteiger partial charge in [-0.3, -0.25) is 9.59 Å². The van der Waals surface area contributed by atoms with Gasteiger partial charge in [-0.05, 0) is 6.42 Å². The highest BCUT2D eigenvalue weighted by atomic mass is 16.5. The van der Waals surface area contributed by atoms with E-state index in [0.717, 1.165) is 0 Å². The van der Waals surface area contributed by atoms with E-state index in [9.17, 15) is 14.4 Å². The Balaban J connectivity index is 2.69. The lowest BCUT2D eigenvalue weighted by Crippen LogP contribution is -2.43. The average molecular weight is 310 g/mol. The Morgan fingerprint density at radius 1 is 1.59 bits per heavy atom. The first-order valence-electron chi connectivity index (χ1n) is 6.15. The summed E-state index contributed by atoms with van der Waals surface area (Å²) >= 11 is 0. The van der Waals surface area contributed by atoms with Gasteiger partial charge in [-0.1, -0.05) is 0 Å². The lowest BCUT2D eigenvalue weighted by Gasteiger charge is -2.17. The van der Waals surface area contributed by atoms with E-state index in [2.05, 4.69) is 15.1 Å². The summed E-state index contributed by atoms with van der Waals surface area (Å²) in [5, 5.41) is 11.3. The number of aromatic nitrogens is 1. The molecule has 1 heterocycles. The van der Waals surface area contributed by atoms with Crippen molar-refractivity contribution in [3.8, 4) is 0 Å². The van der Waals surface area contributed by atoms with Gasteiger partial charge in [0, 0.05) is 13.5 Å². The van der Waals surface area contributed by atoms with Crippen LogP contribution in [0.5, 0.6) is 0 Å².